The Kier molecular flexibility index (Phi) is 4.08. The summed E-state index contributed by atoms with van der Waals surface area (Å²) in [5, 5.41) is 25.1. The van der Waals surface area contributed by atoms with Crippen molar-refractivity contribution < 1.29 is 14.8 Å². The molecule has 6 nitrogen and oxygen atoms in total. The predicted octanol–water partition coefficient (Wildman–Crippen LogP) is 2.10. The van der Waals surface area contributed by atoms with E-state index in [1.165, 1.54) is 0 Å². The summed E-state index contributed by atoms with van der Waals surface area (Å²) in [6, 6.07) is 6.45. The fourth-order valence-electron chi connectivity index (χ4n) is 0.973. The first-order valence-electron chi connectivity index (χ1n) is 4.34. The highest BCUT2D eigenvalue weighted by atomic mass is 16.5. The topological polar surface area (TPSA) is 80.2 Å². The van der Waals surface area contributed by atoms with Crippen LogP contribution in [0.25, 0.3) is 0 Å². The lowest BCUT2D eigenvalue weighted by molar-refractivity contribution is -0.432. The molecule has 0 aliphatic rings. The molecule has 0 spiro atoms. The lowest BCUT2D eigenvalue weighted by Crippen LogP contribution is -1.93. The van der Waals surface area contributed by atoms with Crippen molar-refractivity contribution in [2.45, 2.75) is 6.92 Å². The molecule has 0 bridgehead atoms. The predicted molar refractivity (Wildman–Crippen MR) is 53.6 cm³/mol. The van der Waals surface area contributed by atoms with Crippen LogP contribution in [0.15, 0.2) is 34.5 Å². The zero-order valence-corrected chi connectivity index (χ0v) is 8.20. The molecule has 0 amide bonds. The summed E-state index contributed by atoms with van der Waals surface area (Å²) < 4.78 is 5.20. The average Bonchev–Trinajstić information content (AvgIpc) is 2.27. The van der Waals surface area contributed by atoms with Crippen molar-refractivity contribution in [1.82, 2.24) is 0 Å². The Balaban J connectivity index is 2.79. The van der Waals surface area contributed by atoms with E-state index in [0.717, 1.165) is 6.34 Å². The number of rotatable bonds is 4. The summed E-state index contributed by atoms with van der Waals surface area (Å²) in [5.41, 5.74) is 0.332. The van der Waals surface area contributed by atoms with Crippen LogP contribution in [0.3, 0.4) is 0 Å². The highest BCUT2D eigenvalue weighted by molar-refractivity contribution is 5.52. The van der Waals surface area contributed by atoms with Gasteiger partial charge in [-0.2, -0.15) is 0 Å². The molecule has 6 heteroatoms. The van der Waals surface area contributed by atoms with Gasteiger partial charge in [-0.3, -0.25) is 0 Å². The van der Waals surface area contributed by atoms with Gasteiger partial charge in [0.2, 0.25) is 12.0 Å². The largest absolute Gasteiger partial charge is 0.594 e. The smallest absolute Gasteiger partial charge is 0.245 e. The van der Waals surface area contributed by atoms with Crippen LogP contribution in [-0.2, 0) is 0 Å². The Hall–Kier alpha value is -2.11. The van der Waals surface area contributed by atoms with Gasteiger partial charge in [0, 0.05) is 17.2 Å². The van der Waals surface area contributed by atoms with Gasteiger partial charge in [0.15, 0.2) is 0 Å². The van der Waals surface area contributed by atoms with E-state index in [4.69, 9.17) is 9.94 Å². The molecule has 0 aromatic heterocycles. The Morgan fingerprint density at radius 3 is 2.67 bits per heavy atom. The van der Waals surface area contributed by atoms with Crippen LogP contribution in [0.5, 0.6) is 5.75 Å². The Bertz CT molecular complexity index is 359. The number of azo groups is 1. The SMILES string of the molecule is CCOc1ccc([N+]([O-])=NC=NO)cc1. The Labute approximate surface area is 86.7 Å². The standard InChI is InChI=1S/C9H11N3O3/c1-2-15-9-5-3-8(4-6-9)12(14)10-7-11-13/h3-7,13H,2H2,1H3. The highest BCUT2D eigenvalue weighted by Crippen LogP contribution is 2.17. The lowest BCUT2D eigenvalue weighted by Gasteiger charge is -2.02. The van der Waals surface area contributed by atoms with Gasteiger partial charge in [-0.25, -0.2) is 0 Å². The van der Waals surface area contributed by atoms with E-state index in [9.17, 15) is 5.21 Å². The van der Waals surface area contributed by atoms with Gasteiger partial charge in [-0.15, -0.1) is 0 Å². The normalized spacial score (nSPS) is 11.9. The summed E-state index contributed by atoms with van der Waals surface area (Å²) in [4.78, 5) is 0.343. The number of hydrogen-bond acceptors (Lipinski definition) is 4. The van der Waals surface area contributed by atoms with Crippen LogP contribution in [0, 0.1) is 5.21 Å². The van der Waals surface area contributed by atoms with Gasteiger partial charge < -0.3 is 15.2 Å². The zero-order valence-electron chi connectivity index (χ0n) is 8.20. The lowest BCUT2D eigenvalue weighted by atomic mass is 10.3. The quantitative estimate of drug-likeness (QED) is 0.206. The molecule has 1 rings (SSSR count). The van der Waals surface area contributed by atoms with Crippen molar-refractivity contribution in [3.05, 3.63) is 29.5 Å². The Morgan fingerprint density at radius 2 is 2.13 bits per heavy atom. The van der Waals surface area contributed by atoms with E-state index in [2.05, 4.69) is 10.3 Å². The second-order valence-corrected chi connectivity index (χ2v) is 2.55. The minimum atomic E-state index is 0.332. The third-order valence-electron chi connectivity index (χ3n) is 1.58. The molecule has 0 saturated carbocycles. The van der Waals surface area contributed by atoms with E-state index in [0.29, 0.717) is 22.9 Å². The Morgan fingerprint density at radius 1 is 1.47 bits per heavy atom. The second-order valence-electron chi connectivity index (χ2n) is 2.55. The highest BCUT2D eigenvalue weighted by Gasteiger charge is 2.02. The first kappa shape index (κ1) is 11.0. The molecule has 80 valence electrons. The minimum Gasteiger partial charge on any atom is -0.594 e. The van der Waals surface area contributed by atoms with Crippen molar-refractivity contribution >= 4 is 12.0 Å². The molecule has 0 saturated heterocycles. The van der Waals surface area contributed by atoms with Crippen molar-refractivity contribution in [3.8, 4) is 5.75 Å². The molecule has 1 aromatic rings. The first-order valence-corrected chi connectivity index (χ1v) is 4.34. The van der Waals surface area contributed by atoms with Gasteiger partial charge >= 0.3 is 0 Å². The number of nitrogens with zero attached hydrogens (tertiary/aromatic N) is 3. The molecule has 0 fully saturated rings. The number of oxime groups is 1. The second kappa shape index (κ2) is 5.58. The summed E-state index contributed by atoms with van der Waals surface area (Å²) in [7, 11) is 0. The molecule has 1 aromatic carbocycles. The monoisotopic (exact) mass is 209 g/mol. The van der Waals surface area contributed by atoms with Crippen LogP contribution in [0.4, 0.5) is 5.69 Å². The van der Waals surface area contributed by atoms with Crippen LogP contribution >= 0.6 is 0 Å². The van der Waals surface area contributed by atoms with Gasteiger partial charge in [0.25, 0.3) is 0 Å². The van der Waals surface area contributed by atoms with E-state index in [1.807, 2.05) is 6.92 Å². The number of benzene rings is 1. The molecule has 0 radical (unpaired) electrons. The minimum absolute atomic E-state index is 0.332. The molecule has 0 unspecified atom stereocenters. The van der Waals surface area contributed by atoms with Crippen LogP contribution in [0.2, 0.25) is 0 Å². The van der Waals surface area contributed by atoms with Gasteiger partial charge in [-0.05, 0) is 23.9 Å². The summed E-state index contributed by atoms with van der Waals surface area (Å²) in [5.74, 6) is 0.686. The van der Waals surface area contributed by atoms with E-state index < -0.39 is 0 Å². The molecule has 1 N–H and O–H groups in total. The van der Waals surface area contributed by atoms with Crippen molar-refractivity contribution in [1.29, 1.82) is 0 Å². The van der Waals surface area contributed by atoms with Crippen molar-refractivity contribution in [2.75, 3.05) is 6.61 Å². The first-order chi connectivity index (χ1) is 7.27. The van der Waals surface area contributed by atoms with E-state index in [-0.39, 0.29) is 0 Å². The third-order valence-corrected chi connectivity index (χ3v) is 1.58. The van der Waals surface area contributed by atoms with Crippen LogP contribution in [0.1, 0.15) is 6.92 Å². The zero-order chi connectivity index (χ0) is 11.1. The van der Waals surface area contributed by atoms with E-state index >= 15 is 0 Å². The van der Waals surface area contributed by atoms with E-state index in [1.54, 1.807) is 24.3 Å². The maximum absolute atomic E-state index is 11.2. The summed E-state index contributed by atoms with van der Waals surface area (Å²) >= 11 is 0. The molecule has 0 atom stereocenters. The molecule has 15 heavy (non-hydrogen) atoms. The molecular formula is C9H11N3O3. The van der Waals surface area contributed by atoms with Gasteiger partial charge in [0.05, 0.1) is 6.61 Å². The maximum atomic E-state index is 11.2. The third kappa shape index (κ3) is 3.26. The average molecular weight is 209 g/mol. The molecule has 0 heterocycles. The fourth-order valence-corrected chi connectivity index (χ4v) is 0.973. The van der Waals surface area contributed by atoms with Crippen molar-refractivity contribution in [2.24, 2.45) is 10.3 Å². The van der Waals surface area contributed by atoms with Crippen LogP contribution in [-0.4, -0.2) is 23.0 Å². The number of hydrogen-bond donors (Lipinski definition) is 1. The fraction of sp³-hybridized carbons (Fsp3) is 0.222. The van der Waals surface area contributed by atoms with Crippen molar-refractivity contribution in [3.63, 3.8) is 0 Å². The molecule has 0 aliphatic carbocycles. The molecular weight excluding hydrogens is 198 g/mol. The summed E-state index contributed by atoms with van der Waals surface area (Å²) in [6.07, 6.45) is 0.753. The maximum Gasteiger partial charge on any atom is 0.245 e. The van der Waals surface area contributed by atoms with Gasteiger partial charge in [-0.1, -0.05) is 5.16 Å². The number of ether oxygens (including phenoxy) is 1. The van der Waals surface area contributed by atoms with Gasteiger partial charge in [0.1, 0.15) is 5.75 Å². The van der Waals surface area contributed by atoms with Crippen LogP contribution < -0.4 is 4.74 Å². The molecule has 0 aliphatic heterocycles. The summed E-state index contributed by atoms with van der Waals surface area (Å²) in [6.45, 7) is 2.45.